The van der Waals surface area contributed by atoms with Crippen molar-refractivity contribution in [2.24, 2.45) is 0 Å². The number of hydrogen-bond acceptors (Lipinski definition) is 4. The first-order chi connectivity index (χ1) is 9.10. The van der Waals surface area contributed by atoms with Gasteiger partial charge < -0.3 is 8.99 Å². The van der Waals surface area contributed by atoms with Crippen molar-refractivity contribution in [3.63, 3.8) is 0 Å². The molecule has 0 saturated carbocycles. The van der Waals surface area contributed by atoms with Crippen molar-refractivity contribution in [1.29, 1.82) is 0 Å². The van der Waals surface area contributed by atoms with E-state index in [-0.39, 0.29) is 24.0 Å². The molecule has 114 valence electrons. The molecular formula is C12H21F2N3O2Si. The fourth-order valence-electron chi connectivity index (χ4n) is 1.41. The average Bonchev–Trinajstić information content (AvgIpc) is 2.70. The molecule has 0 atom stereocenters. The van der Waals surface area contributed by atoms with Crippen LogP contribution in [0.2, 0.25) is 18.1 Å². The minimum Gasteiger partial charge on any atom is -0.415 e. The van der Waals surface area contributed by atoms with E-state index in [1.54, 1.807) is 0 Å². The smallest absolute Gasteiger partial charge is 0.297 e. The molecule has 1 heterocycles. The van der Waals surface area contributed by atoms with Crippen molar-refractivity contribution in [3.8, 4) is 0 Å². The summed E-state index contributed by atoms with van der Waals surface area (Å²) in [4.78, 5) is 10.8. The van der Waals surface area contributed by atoms with Crippen LogP contribution < -0.4 is 0 Å². The highest BCUT2D eigenvalue weighted by Gasteiger charge is 2.37. The van der Waals surface area contributed by atoms with Gasteiger partial charge in [0.25, 0.3) is 6.43 Å². The van der Waals surface area contributed by atoms with E-state index in [2.05, 4.69) is 44.1 Å². The maximum absolute atomic E-state index is 12.8. The normalized spacial score (nSPS) is 13.0. The Balaban J connectivity index is 2.76. The summed E-state index contributed by atoms with van der Waals surface area (Å²) in [5.74, 6) is -0.593. The van der Waals surface area contributed by atoms with Gasteiger partial charge in [0.15, 0.2) is 20.4 Å². The molecule has 0 N–H and O–H groups in total. The number of hydrogen-bond donors (Lipinski definition) is 0. The van der Waals surface area contributed by atoms with Crippen LogP contribution in [0.4, 0.5) is 8.78 Å². The third-order valence-electron chi connectivity index (χ3n) is 3.69. The lowest BCUT2D eigenvalue weighted by Gasteiger charge is -2.36. The fourth-order valence-corrected chi connectivity index (χ4v) is 2.45. The van der Waals surface area contributed by atoms with Crippen molar-refractivity contribution in [2.75, 3.05) is 6.61 Å². The van der Waals surface area contributed by atoms with Crippen LogP contribution >= 0.6 is 0 Å². The van der Waals surface area contributed by atoms with E-state index >= 15 is 0 Å². The Morgan fingerprint density at radius 3 is 2.40 bits per heavy atom. The largest absolute Gasteiger partial charge is 0.415 e. The van der Waals surface area contributed by atoms with Gasteiger partial charge in [0.2, 0.25) is 5.82 Å². The fraction of sp³-hybridized carbons (Fsp3) is 0.750. The number of aromatic nitrogens is 3. The van der Waals surface area contributed by atoms with Gasteiger partial charge in [-0.25, -0.2) is 8.78 Å². The van der Waals surface area contributed by atoms with Crippen LogP contribution in [-0.4, -0.2) is 36.0 Å². The van der Waals surface area contributed by atoms with Crippen molar-refractivity contribution in [1.82, 2.24) is 14.8 Å². The van der Waals surface area contributed by atoms with Crippen molar-refractivity contribution in [2.45, 2.75) is 51.9 Å². The Labute approximate surface area is 118 Å². The molecule has 0 fully saturated rings. The van der Waals surface area contributed by atoms with Gasteiger partial charge in [-0.15, -0.1) is 10.2 Å². The summed E-state index contributed by atoms with van der Waals surface area (Å²) < 4.78 is 32.5. The molecule has 0 radical (unpaired) electrons. The lowest BCUT2D eigenvalue weighted by atomic mass is 10.2. The molecule has 0 bridgehead atoms. The summed E-state index contributed by atoms with van der Waals surface area (Å²) in [6.45, 7) is 10.8. The van der Waals surface area contributed by atoms with Gasteiger partial charge in [0.05, 0.1) is 6.61 Å². The first-order valence-corrected chi connectivity index (χ1v) is 9.31. The molecule has 0 aliphatic heterocycles. The molecule has 0 aliphatic carbocycles. The SMILES string of the molecule is CC(C)(C)[Si](C)(C)OCCn1c(C=O)nnc1C(F)F. The molecule has 0 unspecified atom stereocenters. The molecule has 1 rings (SSSR count). The van der Waals surface area contributed by atoms with Crippen LogP contribution in [0, 0.1) is 0 Å². The zero-order valence-corrected chi connectivity index (χ0v) is 13.5. The summed E-state index contributed by atoms with van der Waals surface area (Å²) >= 11 is 0. The molecule has 0 amide bonds. The molecular weight excluding hydrogens is 284 g/mol. The monoisotopic (exact) mass is 305 g/mol. The lowest BCUT2D eigenvalue weighted by Crippen LogP contribution is -2.41. The third-order valence-corrected chi connectivity index (χ3v) is 8.23. The van der Waals surface area contributed by atoms with E-state index in [1.165, 1.54) is 0 Å². The predicted octanol–water partition coefficient (Wildman–Crippen LogP) is 3.05. The maximum atomic E-state index is 12.8. The van der Waals surface area contributed by atoms with E-state index in [0.29, 0.717) is 6.29 Å². The van der Waals surface area contributed by atoms with Gasteiger partial charge in [-0.1, -0.05) is 20.8 Å². The minimum atomic E-state index is -2.76. The highest BCUT2D eigenvalue weighted by atomic mass is 28.4. The molecule has 5 nitrogen and oxygen atoms in total. The number of carbonyl (C=O) groups excluding carboxylic acids is 1. The van der Waals surface area contributed by atoms with E-state index < -0.39 is 20.6 Å². The van der Waals surface area contributed by atoms with Crippen LogP contribution in [0.3, 0.4) is 0 Å². The molecule has 0 spiro atoms. The maximum Gasteiger partial charge on any atom is 0.297 e. The van der Waals surface area contributed by atoms with Gasteiger partial charge in [0.1, 0.15) is 0 Å². The molecule has 0 aromatic carbocycles. The summed E-state index contributed by atoms with van der Waals surface area (Å²) in [7, 11) is -1.94. The number of alkyl halides is 2. The third kappa shape index (κ3) is 3.69. The lowest BCUT2D eigenvalue weighted by molar-refractivity contribution is 0.110. The summed E-state index contributed by atoms with van der Waals surface area (Å²) in [6, 6.07) is 0. The first-order valence-electron chi connectivity index (χ1n) is 6.40. The topological polar surface area (TPSA) is 57.0 Å². The van der Waals surface area contributed by atoms with Crippen LogP contribution in [-0.2, 0) is 11.0 Å². The minimum absolute atomic E-state index is 0.0409. The standard InChI is InChI=1S/C12H21F2N3O2Si/c1-12(2,3)20(4,5)19-7-6-17-9(8-18)15-16-11(17)10(13)14/h8,10H,6-7H2,1-5H3. The van der Waals surface area contributed by atoms with Crippen LogP contribution in [0.5, 0.6) is 0 Å². The highest BCUT2D eigenvalue weighted by Crippen LogP contribution is 2.36. The van der Waals surface area contributed by atoms with Crippen molar-refractivity contribution in [3.05, 3.63) is 11.6 Å². The van der Waals surface area contributed by atoms with Gasteiger partial charge >= 0.3 is 0 Å². The van der Waals surface area contributed by atoms with E-state index in [4.69, 9.17) is 4.43 Å². The average molecular weight is 305 g/mol. The van der Waals surface area contributed by atoms with Crippen LogP contribution in [0.1, 0.15) is 43.6 Å². The molecule has 1 aromatic heterocycles. The second kappa shape index (κ2) is 6.09. The molecule has 0 aliphatic rings. The number of halogens is 2. The van der Waals surface area contributed by atoms with Gasteiger partial charge in [-0.05, 0) is 18.1 Å². The Hall–Kier alpha value is -1.15. The summed E-state index contributed by atoms with van der Waals surface area (Å²) in [6.07, 6.45) is -2.34. The first kappa shape index (κ1) is 16.9. The molecule has 8 heteroatoms. The van der Waals surface area contributed by atoms with E-state index in [0.717, 1.165) is 4.57 Å². The predicted molar refractivity (Wildman–Crippen MR) is 73.5 cm³/mol. The number of nitrogens with zero attached hydrogens (tertiary/aromatic N) is 3. The van der Waals surface area contributed by atoms with Crippen molar-refractivity contribution >= 4 is 14.6 Å². The molecule has 1 aromatic rings. The second-order valence-electron chi connectivity index (χ2n) is 6.10. The Morgan fingerprint density at radius 2 is 1.95 bits per heavy atom. The number of aldehydes is 1. The van der Waals surface area contributed by atoms with Gasteiger partial charge in [-0.3, -0.25) is 4.79 Å². The Bertz CT molecular complexity index is 470. The Morgan fingerprint density at radius 1 is 1.35 bits per heavy atom. The molecule has 20 heavy (non-hydrogen) atoms. The Kier molecular flexibility index (Phi) is 5.14. The summed E-state index contributed by atoms with van der Waals surface area (Å²) in [5, 5.41) is 6.82. The van der Waals surface area contributed by atoms with E-state index in [1.807, 2.05) is 0 Å². The van der Waals surface area contributed by atoms with Gasteiger partial charge in [-0.2, -0.15) is 0 Å². The highest BCUT2D eigenvalue weighted by molar-refractivity contribution is 6.74. The number of rotatable bonds is 6. The summed E-state index contributed by atoms with van der Waals surface area (Å²) in [5.41, 5.74) is 0. The molecule has 0 saturated heterocycles. The number of carbonyl (C=O) groups is 1. The van der Waals surface area contributed by atoms with Crippen molar-refractivity contribution < 1.29 is 18.0 Å². The van der Waals surface area contributed by atoms with E-state index in [9.17, 15) is 13.6 Å². The van der Waals surface area contributed by atoms with Gasteiger partial charge in [0, 0.05) is 6.54 Å². The van der Waals surface area contributed by atoms with Crippen LogP contribution in [0.15, 0.2) is 0 Å². The second-order valence-corrected chi connectivity index (χ2v) is 10.9. The zero-order chi connectivity index (χ0) is 15.6. The van der Waals surface area contributed by atoms with Crippen LogP contribution in [0.25, 0.3) is 0 Å². The quantitative estimate of drug-likeness (QED) is 0.599. The zero-order valence-electron chi connectivity index (χ0n) is 12.5.